The number of aliphatic imine (C=N–C) groups is 1. The van der Waals surface area contributed by atoms with Crippen LogP contribution in [0.5, 0.6) is 5.75 Å². The van der Waals surface area contributed by atoms with Gasteiger partial charge in [0.05, 0.1) is 23.4 Å². The van der Waals surface area contributed by atoms with Crippen molar-refractivity contribution in [3.63, 3.8) is 0 Å². The zero-order valence-corrected chi connectivity index (χ0v) is 19.5. The summed E-state index contributed by atoms with van der Waals surface area (Å²) in [7, 11) is 0. The van der Waals surface area contributed by atoms with Gasteiger partial charge < -0.3 is 20.5 Å². The van der Waals surface area contributed by atoms with Gasteiger partial charge in [0.2, 0.25) is 0 Å². The number of guanidine groups is 1. The number of aliphatic hydroxyl groups excluding tert-OH is 1. The van der Waals surface area contributed by atoms with Crippen LogP contribution in [0.15, 0.2) is 34.6 Å². The molecule has 0 aliphatic heterocycles. The van der Waals surface area contributed by atoms with Crippen molar-refractivity contribution in [1.29, 1.82) is 0 Å². The maximum Gasteiger partial charge on any atom is 0.387 e. The molecule has 1 heterocycles. The number of thiazole rings is 1. The standard InChI is InChI=1S/C19H26F2N4O2S.HI/c1-3-17-25-14(12-28-17)9-10-23-19(22-4-2)24-11-16(26)13-5-7-15(8-6-13)27-18(20)21;/h5-8,12,16,18,26H,3-4,9-11H2,1-2H3,(H2,22,23,24);1H. The molecule has 0 fully saturated rings. The van der Waals surface area contributed by atoms with E-state index < -0.39 is 12.7 Å². The molecule has 6 nitrogen and oxygen atoms in total. The first kappa shape index (κ1) is 25.5. The van der Waals surface area contributed by atoms with Gasteiger partial charge in [-0.15, -0.1) is 35.3 Å². The number of aryl methyl sites for hydroxylation is 1. The van der Waals surface area contributed by atoms with E-state index in [0.29, 0.717) is 24.6 Å². The number of alkyl halides is 2. The highest BCUT2D eigenvalue weighted by Crippen LogP contribution is 2.19. The molecular formula is C19H27F2IN4O2S. The molecule has 1 aromatic carbocycles. The van der Waals surface area contributed by atoms with Crippen molar-refractivity contribution in [2.24, 2.45) is 4.99 Å². The van der Waals surface area contributed by atoms with Crippen LogP contribution < -0.4 is 15.4 Å². The van der Waals surface area contributed by atoms with E-state index in [1.165, 1.54) is 12.1 Å². The number of rotatable bonds is 10. The highest BCUT2D eigenvalue weighted by atomic mass is 127. The van der Waals surface area contributed by atoms with Gasteiger partial charge in [0.25, 0.3) is 0 Å². The van der Waals surface area contributed by atoms with Crippen molar-refractivity contribution in [2.45, 2.75) is 39.4 Å². The van der Waals surface area contributed by atoms with Gasteiger partial charge in [0, 0.05) is 24.9 Å². The van der Waals surface area contributed by atoms with Gasteiger partial charge in [-0.05, 0) is 31.0 Å². The minimum atomic E-state index is -2.87. The Kier molecular flexibility index (Phi) is 12.0. The summed E-state index contributed by atoms with van der Waals surface area (Å²) in [5.41, 5.74) is 1.63. The Morgan fingerprint density at radius 2 is 1.97 bits per heavy atom. The predicted octanol–water partition coefficient (Wildman–Crippen LogP) is 3.76. The van der Waals surface area contributed by atoms with Crippen LogP contribution in [0.2, 0.25) is 0 Å². The summed E-state index contributed by atoms with van der Waals surface area (Å²) in [6.07, 6.45) is 0.881. The molecule has 162 valence electrons. The fourth-order valence-electron chi connectivity index (χ4n) is 2.43. The van der Waals surface area contributed by atoms with Crippen molar-refractivity contribution in [3.8, 4) is 5.75 Å². The Bertz CT molecular complexity index is 744. The molecule has 0 aliphatic rings. The Morgan fingerprint density at radius 3 is 2.55 bits per heavy atom. The van der Waals surface area contributed by atoms with Crippen molar-refractivity contribution in [2.75, 3.05) is 19.6 Å². The molecule has 1 unspecified atom stereocenters. The quantitative estimate of drug-likeness (QED) is 0.243. The summed E-state index contributed by atoms with van der Waals surface area (Å²) < 4.78 is 28.7. The van der Waals surface area contributed by atoms with E-state index in [9.17, 15) is 13.9 Å². The van der Waals surface area contributed by atoms with Gasteiger partial charge in [-0.3, -0.25) is 4.99 Å². The lowest BCUT2D eigenvalue weighted by molar-refractivity contribution is -0.0498. The number of nitrogens with zero attached hydrogens (tertiary/aromatic N) is 2. The second kappa shape index (κ2) is 13.6. The van der Waals surface area contributed by atoms with Crippen molar-refractivity contribution < 1.29 is 18.6 Å². The molecule has 0 radical (unpaired) electrons. The van der Waals surface area contributed by atoms with Crippen LogP contribution in [0.25, 0.3) is 0 Å². The molecule has 2 rings (SSSR count). The summed E-state index contributed by atoms with van der Waals surface area (Å²) in [4.78, 5) is 8.92. The summed E-state index contributed by atoms with van der Waals surface area (Å²) >= 11 is 1.67. The molecule has 0 bridgehead atoms. The SMILES string of the molecule is CCNC(=NCC(O)c1ccc(OC(F)F)cc1)NCCc1csc(CC)n1.I. The molecule has 2 aromatic rings. The lowest BCUT2D eigenvalue weighted by atomic mass is 10.1. The Morgan fingerprint density at radius 1 is 1.24 bits per heavy atom. The average molecular weight is 540 g/mol. The number of halogens is 3. The molecule has 0 spiro atoms. The van der Waals surface area contributed by atoms with Crippen LogP contribution >= 0.6 is 35.3 Å². The molecule has 0 saturated heterocycles. The third-order valence-corrected chi connectivity index (χ3v) is 4.87. The summed E-state index contributed by atoms with van der Waals surface area (Å²) in [5, 5.41) is 19.8. The molecule has 29 heavy (non-hydrogen) atoms. The van der Waals surface area contributed by atoms with E-state index in [-0.39, 0.29) is 36.3 Å². The number of aliphatic hydroxyl groups is 1. The largest absolute Gasteiger partial charge is 0.435 e. The van der Waals surface area contributed by atoms with E-state index in [0.717, 1.165) is 23.5 Å². The topological polar surface area (TPSA) is 78.8 Å². The lowest BCUT2D eigenvalue weighted by Gasteiger charge is -2.13. The van der Waals surface area contributed by atoms with Crippen molar-refractivity contribution in [3.05, 3.63) is 45.9 Å². The first-order valence-electron chi connectivity index (χ1n) is 9.20. The molecule has 0 amide bonds. The number of ether oxygens (including phenoxy) is 1. The van der Waals surface area contributed by atoms with E-state index in [2.05, 4.69) is 37.7 Å². The van der Waals surface area contributed by atoms with Crippen LogP contribution in [-0.4, -0.2) is 42.3 Å². The minimum absolute atomic E-state index is 0. The maximum absolute atomic E-state index is 12.2. The van der Waals surface area contributed by atoms with E-state index in [4.69, 9.17) is 0 Å². The molecule has 1 atom stereocenters. The Hall–Kier alpha value is -1.53. The van der Waals surface area contributed by atoms with Crippen molar-refractivity contribution in [1.82, 2.24) is 15.6 Å². The first-order chi connectivity index (χ1) is 13.5. The van der Waals surface area contributed by atoms with Crippen LogP contribution in [-0.2, 0) is 12.8 Å². The highest BCUT2D eigenvalue weighted by molar-refractivity contribution is 14.0. The van der Waals surface area contributed by atoms with Crippen LogP contribution in [0, 0.1) is 0 Å². The van der Waals surface area contributed by atoms with Crippen molar-refractivity contribution >= 4 is 41.3 Å². The third-order valence-electron chi connectivity index (χ3n) is 3.83. The van der Waals surface area contributed by atoms with Gasteiger partial charge in [0.15, 0.2) is 5.96 Å². The number of benzene rings is 1. The monoisotopic (exact) mass is 540 g/mol. The van der Waals surface area contributed by atoms with Gasteiger partial charge in [-0.1, -0.05) is 19.1 Å². The molecule has 3 N–H and O–H groups in total. The fraction of sp³-hybridized carbons (Fsp3) is 0.474. The molecule has 1 aromatic heterocycles. The zero-order valence-electron chi connectivity index (χ0n) is 16.4. The van der Waals surface area contributed by atoms with Gasteiger partial charge in [-0.2, -0.15) is 8.78 Å². The van der Waals surface area contributed by atoms with Gasteiger partial charge in [0.1, 0.15) is 5.75 Å². The molecule has 0 saturated carbocycles. The maximum atomic E-state index is 12.2. The smallest absolute Gasteiger partial charge is 0.387 e. The van der Waals surface area contributed by atoms with Crippen LogP contribution in [0.4, 0.5) is 8.78 Å². The summed E-state index contributed by atoms with van der Waals surface area (Å²) in [5.74, 6) is 0.655. The second-order valence-electron chi connectivity index (χ2n) is 5.95. The summed E-state index contributed by atoms with van der Waals surface area (Å²) in [6, 6.07) is 5.89. The van der Waals surface area contributed by atoms with E-state index in [1.54, 1.807) is 23.5 Å². The van der Waals surface area contributed by atoms with E-state index >= 15 is 0 Å². The van der Waals surface area contributed by atoms with E-state index in [1.807, 2.05) is 6.92 Å². The normalized spacial score (nSPS) is 12.4. The van der Waals surface area contributed by atoms with Gasteiger partial charge in [-0.25, -0.2) is 4.98 Å². The zero-order chi connectivity index (χ0) is 20.4. The van der Waals surface area contributed by atoms with Crippen LogP contribution in [0.3, 0.4) is 0 Å². The number of nitrogens with one attached hydrogen (secondary N) is 2. The summed E-state index contributed by atoms with van der Waals surface area (Å²) in [6.45, 7) is 2.69. The highest BCUT2D eigenvalue weighted by Gasteiger charge is 2.10. The lowest BCUT2D eigenvalue weighted by Crippen LogP contribution is -2.38. The number of hydrogen-bond acceptors (Lipinski definition) is 5. The Balaban J connectivity index is 0.00000420. The van der Waals surface area contributed by atoms with Crippen LogP contribution in [0.1, 0.15) is 36.2 Å². The predicted molar refractivity (Wildman–Crippen MR) is 123 cm³/mol. The molecule has 10 heteroatoms. The second-order valence-corrected chi connectivity index (χ2v) is 6.89. The molecular weight excluding hydrogens is 513 g/mol. The number of hydrogen-bond donors (Lipinski definition) is 3. The first-order valence-corrected chi connectivity index (χ1v) is 10.1. The Labute approximate surface area is 190 Å². The molecule has 0 aliphatic carbocycles. The third kappa shape index (κ3) is 9.22. The minimum Gasteiger partial charge on any atom is -0.435 e. The average Bonchev–Trinajstić information content (AvgIpc) is 3.14. The fourth-order valence-corrected chi connectivity index (χ4v) is 3.21. The number of aromatic nitrogens is 1. The van der Waals surface area contributed by atoms with Gasteiger partial charge >= 0.3 is 6.61 Å².